The summed E-state index contributed by atoms with van der Waals surface area (Å²) in [4.78, 5) is 20.8. The van der Waals surface area contributed by atoms with Crippen LogP contribution in [0.1, 0.15) is 62.6 Å². The Bertz CT molecular complexity index is 1080. The summed E-state index contributed by atoms with van der Waals surface area (Å²) in [6.07, 6.45) is -1.23. The first-order valence-electron chi connectivity index (χ1n) is 12.7. The van der Waals surface area contributed by atoms with Crippen molar-refractivity contribution in [2.24, 2.45) is 0 Å². The molecule has 13 heteroatoms. The zero-order valence-electron chi connectivity index (χ0n) is 21.3. The second kappa shape index (κ2) is 10.9. The van der Waals surface area contributed by atoms with E-state index in [2.05, 4.69) is 9.71 Å². The Labute approximate surface area is 215 Å². The predicted octanol–water partition coefficient (Wildman–Crippen LogP) is 3.50. The molecule has 1 saturated carbocycles. The number of sulfonamides is 1. The third-order valence-electron chi connectivity index (χ3n) is 7.50. The molecule has 9 nitrogen and oxygen atoms in total. The van der Waals surface area contributed by atoms with Crippen molar-refractivity contribution in [3.05, 3.63) is 23.4 Å². The van der Waals surface area contributed by atoms with Crippen molar-refractivity contribution in [2.75, 3.05) is 38.0 Å². The maximum absolute atomic E-state index is 13.8. The van der Waals surface area contributed by atoms with Crippen LogP contribution >= 0.6 is 0 Å². The Balaban J connectivity index is 1.59. The third kappa shape index (κ3) is 6.66. The summed E-state index contributed by atoms with van der Waals surface area (Å²) in [6.45, 7) is 2.48. The first kappa shape index (κ1) is 27.9. The Kier molecular flexibility index (Phi) is 8.25. The molecule has 37 heavy (non-hydrogen) atoms. The highest BCUT2D eigenvalue weighted by Gasteiger charge is 2.44. The Morgan fingerprint density at radius 3 is 2.51 bits per heavy atom. The van der Waals surface area contributed by atoms with Gasteiger partial charge in [0.25, 0.3) is 0 Å². The second-order valence-electron chi connectivity index (χ2n) is 10.4. The van der Waals surface area contributed by atoms with Gasteiger partial charge in [0, 0.05) is 31.6 Å². The Hall–Kier alpha value is -2.12. The van der Waals surface area contributed by atoms with Gasteiger partial charge in [-0.1, -0.05) is 0 Å². The maximum atomic E-state index is 13.8. The molecule has 0 spiro atoms. The van der Waals surface area contributed by atoms with Crippen LogP contribution in [0.15, 0.2) is 12.1 Å². The molecule has 1 saturated heterocycles. The number of carbonyl (C=O) groups excluding carboxylic acids is 1. The minimum absolute atomic E-state index is 0.0688. The predicted molar refractivity (Wildman–Crippen MR) is 131 cm³/mol. The normalized spacial score (nSPS) is 30.1. The number of amides is 1. The summed E-state index contributed by atoms with van der Waals surface area (Å²) in [7, 11) is -1.77. The van der Waals surface area contributed by atoms with Gasteiger partial charge in [-0.25, -0.2) is 22.9 Å². The number of nitrogens with one attached hydrogen (secondary N) is 1. The van der Waals surface area contributed by atoms with Crippen molar-refractivity contribution >= 4 is 21.9 Å². The van der Waals surface area contributed by atoms with Gasteiger partial charge in [-0.15, -0.1) is 0 Å². The number of rotatable bonds is 2. The number of fused-ring (bicyclic) bond motifs is 8. The quantitative estimate of drug-likeness (QED) is 0.604. The van der Waals surface area contributed by atoms with Crippen molar-refractivity contribution in [1.82, 2.24) is 14.6 Å². The molecule has 3 atom stereocenters. The van der Waals surface area contributed by atoms with Gasteiger partial charge in [-0.2, -0.15) is 13.2 Å². The molecular formula is C24H35F3N4O5S. The number of hydrogen-bond donors (Lipinski definition) is 1. The molecule has 3 aliphatic heterocycles. The fraction of sp³-hybridized carbons (Fsp3) is 0.750. The first-order chi connectivity index (χ1) is 17.3. The van der Waals surface area contributed by atoms with Crippen LogP contribution in [0, 0.1) is 0 Å². The highest BCUT2D eigenvalue weighted by Crippen LogP contribution is 2.41. The molecule has 2 fully saturated rings. The minimum atomic E-state index is -4.50. The van der Waals surface area contributed by atoms with Crippen molar-refractivity contribution in [3.63, 3.8) is 0 Å². The van der Waals surface area contributed by atoms with Crippen LogP contribution in [0.4, 0.5) is 23.8 Å². The van der Waals surface area contributed by atoms with Crippen LogP contribution in [0.5, 0.6) is 0 Å². The molecule has 0 unspecified atom stereocenters. The van der Waals surface area contributed by atoms with E-state index in [9.17, 15) is 26.4 Å². The number of halogens is 3. The highest BCUT2D eigenvalue weighted by atomic mass is 32.2. The lowest BCUT2D eigenvalue weighted by Crippen LogP contribution is -2.50. The highest BCUT2D eigenvalue weighted by molar-refractivity contribution is 7.88. The molecule has 0 aromatic carbocycles. The average Bonchev–Trinajstić information content (AvgIpc) is 3.12. The summed E-state index contributed by atoms with van der Waals surface area (Å²) < 4.78 is 79.6. The van der Waals surface area contributed by atoms with E-state index in [0.717, 1.165) is 12.3 Å². The number of hydrogen-bond acceptors (Lipinski definition) is 7. The smallest absolute Gasteiger partial charge is 0.418 e. The summed E-state index contributed by atoms with van der Waals surface area (Å²) >= 11 is 0. The van der Waals surface area contributed by atoms with Crippen LogP contribution in [0.2, 0.25) is 0 Å². The SMILES string of the molecule is C[C@@H]1C[C@H](NS(C)(=O)=O)[C@@H]2COC3CCC(CC3)c3nc(ccc3C(F)(F)F)N(C)CCCOC(=O)N12. The molecule has 1 N–H and O–H groups in total. The van der Waals surface area contributed by atoms with Crippen molar-refractivity contribution in [3.8, 4) is 0 Å². The van der Waals surface area contributed by atoms with Gasteiger partial charge in [-0.3, -0.25) is 4.90 Å². The van der Waals surface area contributed by atoms with E-state index < -0.39 is 39.9 Å². The standard InChI is InChI=1S/C24H35F3N4O5S/c1-15-13-19(29-37(3,33)34)20-14-36-17-7-5-16(6-8-17)22-18(24(25,26)27)9-10-21(28-22)30(2)11-4-12-35-23(32)31(15)20/h9-10,15-17,19-20,29H,4-8,11-14H2,1-3H3/t15-,16?,17?,19+,20+/m1/s1. The molecule has 1 aromatic rings. The number of aromatic nitrogens is 1. The zero-order chi connectivity index (χ0) is 27.0. The van der Waals surface area contributed by atoms with Gasteiger partial charge >= 0.3 is 12.3 Å². The van der Waals surface area contributed by atoms with E-state index >= 15 is 0 Å². The molecule has 1 amide bonds. The van der Waals surface area contributed by atoms with Gasteiger partial charge in [0.1, 0.15) is 5.82 Å². The van der Waals surface area contributed by atoms with Crippen molar-refractivity contribution in [1.29, 1.82) is 0 Å². The van der Waals surface area contributed by atoms with Crippen LogP contribution in [-0.2, 0) is 25.7 Å². The van der Waals surface area contributed by atoms with E-state index in [4.69, 9.17) is 9.47 Å². The fourth-order valence-electron chi connectivity index (χ4n) is 5.69. The maximum Gasteiger partial charge on any atom is 0.418 e. The largest absolute Gasteiger partial charge is 0.449 e. The van der Waals surface area contributed by atoms with Gasteiger partial charge in [0.15, 0.2) is 0 Å². The monoisotopic (exact) mass is 548 g/mol. The number of carbonyl (C=O) groups is 1. The van der Waals surface area contributed by atoms with Gasteiger partial charge < -0.3 is 14.4 Å². The number of nitrogens with zero attached hydrogens (tertiary/aromatic N) is 3. The Morgan fingerprint density at radius 2 is 1.86 bits per heavy atom. The van der Waals surface area contributed by atoms with Crippen molar-refractivity contribution in [2.45, 2.75) is 81.8 Å². The van der Waals surface area contributed by atoms with Crippen LogP contribution in [0.3, 0.4) is 0 Å². The summed E-state index contributed by atoms with van der Waals surface area (Å²) in [5.74, 6) is 0.105. The molecule has 0 radical (unpaired) electrons. The first-order valence-corrected chi connectivity index (χ1v) is 14.6. The van der Waals surface area contributed by atoms with E-state index in [1.807, 2.05) is 6.92 Å². The molecule has 5 rings (SSSR count). The van der Waals surface area contributed by atoms with E-state index in [-0.39, 0.29) is 37.0 Å². The van der Waals surface area contributed by atoms with Gasteiger partial charge in [-0.05, 0) is 57.6 Å². The molecule has 1 aliphatic carbocycles. The van der Waals surface area contributed by atoms with Gasteiger partial charge in [0.2, 0.25) is 10.0 Å². The van der Waals surface area contributed by atoms with Crippen LogP contribution < -0.4 is 9.62 Å². The number of anilines is 1. The molecule has 4 heterocycles. The van der Waals surface area contributed by atoms with Gasteiger partial charge in [0.05, 0.1) is 42.9 Å². The summed E-state index contributed by atoms with van der Waals surface area (Å²) in [6, 6.07) is 1.15. The van der Waals surface area contributed by atoms with E-state index in [1.54, 1.807) is 16.8 Å². The average molecular weight is 549 g/mol. The lowest BCUT2D eigenvalue weighted by Gasteiger charge is -2.33. The Morgan fingerprint density at radius 1 is 1.16 bits per heavy atom. The van der Waals surface area contributed by atoms with E-state index in [0.29, 0.717) is 50.9 Å². The van der Waals surface area contributed by atoms with E-state index in [1.165, 1.54) is 6.07 Å². The lowest BCUT2D eigenvalue weighted by atomic mass is 9.83. The topological polar surface area (TPSA) is 101 Å². The minimum Gasteiger partial charge on any atom is -0.449 e. The van der Waals surface area contributed by atoms with Crippen molar-refractivity contribution < 1.29 is 35.9 Å². The molecule has 1 aromatic heterocycles. The summed E-state index contributed by atoms with van der Waals surface area (Å²) in [5, 5.41) is 0. The molecule has 4 bridgehead atoms. The van der Waals surface area contributed by atoms with Crippen LogP contribution in [-0.4, -0.2) is 81.7 Å². The summed E-state index contributed by atoms with van der Waals surface area (Å²) in [5.41, 5.74) is -0.634. The van der Waals surface area contributed by atoms with Crippen LogP contribution in [0.25, 0.3) is 0 Å². The fourth-order valence-corrected chi connectivity index (χ4v) is 6.49. The zero-order valence-corrected chi connectivity index (χ0v) is 22.1. The lowest BCUT2D eigenvalue weighted by molar-refractivity contribution is -0.138. The molecular weight excluding hydrogens is 513 g/mol. The molecule has 208 valence electrons. The number of alkyl halides is 3. The number of ether oxygens (including phenoxy) is 2. The number of pyridine rings is 1. The second-order valence-corrected chi connectivity index (χ2v) is 12.1. The molecule has 4 aliphatic rings. The third-order valence-corrected chi connectivity index (χ3v) is 8.23.